The van der Waals surface area contributed by atoms with Gasteiger partial charge in [-0.3, -0.25) is 79.2 Å². The minimum absolute atomic E-state index is 0.0265. The van der Waals surface area contributed by atoms with E-state index in [0.29, 0.717) is 184 Å². The van der Waals surface area contributed by atoms with Gasteiger partial charge < -0.3 is 58.8 Å². The number of benzene rings is 10. The summed E-state index contributed by atoms with van der Waals surface area (Å²) in [5.41, 5.74) is 30.1. The molecule has 0 spiro atoms. The van der Waals surface area contributed by atoms with Crippen LogP contribution in [0.15, 0.2) is 212 Å². The normalized spacial score (nSPS) is 14.5. The fourth-order valence-corrected chi connectivity index (χ4v) is 18.8. The zero-order valence-corrected chi connectivity index (χ0v) is 83.5. The van der Waals surface area contributed by atoms with Crippen molar-refractivity contribution < 1.29 is 103 Å². The molecule has 8 aliphatic heterocycles. The Labute approximate surface area is 854 Å². The Kier molecular flexibility index (Phi) is 35.4. The molecule has 9 heterocycles. The lowest BCUT2D eigenvalue weighted by Crippen LogP contribution is -2.44. The van der Waals surface area contributed by atoms with E-state index < -0.39 is 40.9 Å². The highest BCUT2D eigenvalue weighted by atomic mass is 35.5. The van der Waals surface area contributed by atoms with Crippen molar-refractivity contribution in [3.8, 4) is 17.2 Å². The fourth-order valence-electron chi connectivity index (χ4n) is 18.6. The number of amides is 14. The van der Waals surface area contributed by atoms with Crippen LogP contribution in [0.2, 0.25) is 5.02 Å². The van der Waals surface area contributed by atoms with Crippen LogP contribution < -0.4 is 57.7 Å². The zero-order chi connectivity index (χ0) is 105. The lowest BCUT2D eigenvalue weighted by Gasteiger charge is -2.31. The van der Waals surface area contributed by atoms with Crippen LogP contribution in [0.5, 0.6) is 17.2 Å². The first-order chi connectivity index (χ1) is 70.6. The lowest BCUT2D eigenvalue weighted by molar-refractivity contribution is -0.139. The van der Waals surface area contributed by atoms with Crippen molar-refractivity contribution >= 4 is 94.1 Å². The van der Waals surface area contributed by atoms with Gasteiger partial charge in [0.2, 0.25) is 18.6 Å². The number of urea groups is 2. The van der Waals surface area contributed by atoms with Crippen molar-refractivity contribution in [2.24, 2.45) is 12.5 Å². The second kappa shape index (κ2) is 48.7. The third-order valence-corrected chi connectivity index (χ3v) is 27.4. The molecule has 768 valence electrons. The van der Waals surface area contributed by atoms with E-state index >= 15 is 0 Å². The van der Waals surface area contributed by atoms with E-state index in [-0.39, 0.29) is 47.9 Å². The summed E-state index contributed by atoms with van der Waals surface area (Å²) in [5, 5.41) is 58.9. The Hall–Kier alpha value is -15.8. The van der Waals surface area contributed by atoms with Gasteiger partial charge in [-0.05, 0) is 302 Å². The predicted molar refractivity (Wildman–Crippen MR) is 544 cm³/mol. The van der Waals surface area contributed by atoms with Gasteiger partial charge in [-0.1, -0.05) is 98.6 Å². The molecule has 147 heavy (non-hydrogen) atoms. The maximum absolute atomic E-state index is 13.2. The number of halogens is 1. The van der Waals surface area contributed by atoms with Crippen molar-refractivity contribution in [3.05, 3.63) is 346 Å². The highest BCUT2D eigenvalue weighted by Gasteiger charge is 2.37. The lowest BCUT2D eigenvalue weighted by atomic mass is 9.83. The average molecular weight is 2020 g/mol. The summed E-state index contributed by atoms with van der Waals surface area (Å²) < 4.78 is 17.9. The number of nitrogens with one attached hydrogen (secondary N) is 8. The van der Waals surface area contributed by atoms with Crippen LogP contribution in [0.1, 0.15) is 201 Å². The molecular weight excluding hydrogens is 1900 g/mol. The SMILES string of the molecule is CC(C)(C(=O)N1CCc2ccc(C(=O)NO)cc2CC1)c1ccc(Cl)cc1.CC(C)(C)C(=O)N1CCc2ccc(C(=O)NO)cc2CC1.Cc1ccc(C(=O)N2CCc3ccc(C(=O)NO)cc3CC2)cc1.Cn1cccc1C(=O)N1CCc2ccc(C(=O)NO)cc2CC1.O=C(NO)c1ccc2c(c1)CCN(C(=O)Nc1ccc3c(c1)CCO3)C2.O=C(NO)c1ccc2c(c1)CCN(C(=O)Nc1ccc3c(c1)OCO3)C2. The van der Waals surface area contributed by atoms with E-state index in [9.17, 15) is 57.5 Å². The molecule has 0 aliphatic carbocycles. The molecule has 1 aromatic heterocycles. The van der Waals surface area contributed by atoms with E-state index in [4.69, 9.17) is 57.1 Å². The highest BCUT2D eigenvalue weighted by molar-refractivity contribution is 6.30. The monoisotopic (exact) mass is 2020 g/mol. The molecule has 36 nitrogen and oxygen atoms in total. The summed E-state index contributed by atoms with van der Waals surface area (Å²) in [6.45, 7) is 19.7. The molecule has 0 saturated carbocycles. The Morgan fingerprint density at radius 2 is 0.646 bits per heavy atom. The maximum Gasteiger partial charge on any atom is 0.322 e. The molecule has 0 bridgehead atoms. The zero-order valence-electron chi connectivity index (χ0n) is 82.7. The number of carbonyl (C=O) groups excluding carboxylic acids is 12. The van der Waals surface area contributed by atoms with Gasteiger partial charge in [0.15, 0.2) is 11.5 Å². The Balaban J connectivity index is 0.000000140. The van der Waals surface area contributed by atoms with Gasteiger partial charge >= 0.3 is 12.1 Å². The quantitative estimate of drug-likeness (QED) is 0.0399. The number of ether oxygens (including phenoxy) is 3. The number of anilines is 2. The standard InChI is InChI=1S/C21H23ClN2O3.C19H19N3O4.C19H20N2O3.C18H17N3O5.C17H19N3O3.C16H22N2O3/c1-21(2,17-5-7-18(22)8-6-17)20(26)24-11-9-14-3-4-16(19(25)23-27)13-15(14)10-12-24;23-18(21-25)14-1-2-15-11-22(7-5-12(15)9-14)19(24)20-16-3-4-17-13(10-16)6-8-26-17;1-13-2-4-15(5-3-13)19(23)21-10-8-14-6-7-17(18(22)20-24)12-16(14)9-11-21;22-17(20-24)12-1-2-13-9-21(6-5-11(13)7-12)18(23)19-14-3-4-15-16(8-14)26-10-25-15;1-19-8-2-3-15(19)17(22)20-9-6-12-4-5-14(16(21)18-23)11-13(12)7-10-20;1-16(2,3)15(20)18-8-6-11-4-5-13(14(19)17-21)10-12(11)7-9-18/h3-8,13,27H,9-12H2,1-2H3,(H,23,25);1-4,9-10,25H,5-8,11H2,(H,20,24)(H,21,23);2-7,12,24H,8-11H2,1H3,(H,20,22);1-4,7-8,24H,5-6,9-10H2,(H,19,23)(H,20,22);2-5,8,11,23H,6-7,9-10H2,1H3,(H,18,21);4-5,10,21H,6-9H2,1-3H3,(H,17,19). The maximum atomic E-state index is 13.2. The minimum Gasteiger partial charge on any atom is -0.493 e. The molecule has 10 aromatic carbocycles. The molecule has 37 heteroatoms. The fraction of sp³-hybridized carbons (Fsp3) is 0.309. The summed E-state index contributed by atoms with van der Waals surface area (Å²) in [4.78, 5) is 156. The highest BCUT2D eigenvalue weighted by Crippen LogP contribution is 2.37. The minimum atomic E-state index is -0.650. The van der Waals surface area contributed by atoms with Crippen LogP contribution in [0.4, 0.5) is 21.0 Å². The number of hydrogen-bond donors (Lipinski definition) is 14. The molecule has 0 saturated heterocycles. The molecule has 11 aromatic rings. The first-order valence-corrected chi connectivity index (χ1v) is 48.8. The summed E-state index contributed by atoms with van der Waals surface area (Å²) in [5.74, 6) is -0.697. The molecule has 14 N–H and O–H groups in total. The molecule has 0 radical (unpaired) electrons. The molecule has 14 amide bonds. The molecule has 0 unspecified atom stereocenters. The number of hydroxylamine groups is 6. The molecule has 8 aliphatic rings. The topological polar surface area (TPSA) is 475 Å². The second-order valence-corrected chi connectivity index (χ2v) is 38.6. The van der Waals surface area contributed by atoms with Gasteiger partial charge in [-0.2, -0.15) is 0 Å². The van der Waals surface area contributed by atoms with Crippen LogP contribution in [0.3, 0.4) is 0 Å². The van der Waals surface area contributed by atoms with Crippen molar-refractivity contribution in [3.63, 3.8) is 0 Å². The summed E-state index contributed by atoms with van der Waals surface area (Å²) in [7, 11) is 1.86. The molecule has 0 fully saturated rings. The van der Waals surface area contributed by atoms with E-state index in [1.165, 1.54) is 0 Å². The van der Waals surface area contributed by atoms with E-state index in [0.717, 1.165) is 133 Å². The van der Waals surface area contributed by atoms with E-state index in [1.54, 1.807) is 152 Å². The smallest absolute Gasteiger partial charge is 0.322 e. The van der Waals surface area contributed by atoms with Crippen LogP contribution in [0.25, 0.3) is 0 Å². The van der Waals surface area contributed by atoms with Gasteiger partial charge in [0, 0.05) is 165 Å². The number of nitrogens with zero attached hydrogens (tertiary/aromatic N) is 7. The van der Waals surface area contributed by atoms with Crippen LogP contribution >= 0.6 is 11.6 Å². The van der Waals surface area contributed by atoms with Gasteiger partial charge in [0.05, 0.1) is 12.0 Å². The predicted octanol–water partition coefficient (Wildman–Crippen LogP) is 13.3. The first kappa shape index (κ1) is 107. The first-order valence-electron chi connectivity index (χ1n) is 48.4. The van der Waals surface area contributed by atoms with Crippen molar-refractivity contribution in [2.45, 2.75) is 131 Å². The third-order valence-electron chi connectivity index (χ3n) is 27.1. The number of hydrogen-bond acceptors (Lipinski definition) is 21. The number of aryl methyl sites for hydroxylation is 2. The van der Waals surface area contributed by atoms with Gasteiger partial charge in [-0.15, -0.1) is 0 Å². The third kappa shape index (κ3) is 26.9. The van der Waals surface area contributed by atoms with Crippen molar-refractivity contribution in [2.75, 3.05) is 89.5 Å². The summed E-state index contributed by atoms with van der Waals surface area (Å²) in [6, 6.07) is 61.3. The Bertz CT molecular complexity index is 6620. The van der Waals surface area contributed by atoms with Crippen molar-refractivity contribution in [1.29, 1.82) is 0 Å². The van der Waals surface area contributed by atoms with Crippen LogP contribution in [-0.4, -0.2) is 215 Å². The summed E-state index contributed by atoms with van der Waals surface area (Å²) >= 11 is 5.97. The Morgan fingerprint density at radius 1 is 0.313 bits per heavy atom. The molecular formula is C110H120ClN15O21. The Morgan fingerprint density at radius 3 is 1.03 bits per heavy atom. The van der Waals surface area contributed by atoms with E-state index in [2.05, 4.69) is 10.6 Å². The largest absolute Gasteiger partial charge is 0.493 e. The van der Waals surface area contributed by atoms with E-state index in [1.807, 2.05) is 176 Å². The van der Waals surface area contributed by atoms with Gasteiger partial charge in [0.25, 0.3) is 47.3 Å². The van der Waals surface area contributed by atoms with Crippen molar-refractivity contribution in [1.82, 2.24) is 66.8 Å². The number of carbonyl (C=O) groups is 12. The second-order valence-electron chi connectivity index (χ2n) is 38.2. The number of rotatable bonds is 12. The van der Waals surface area contributed by atoms with Crippen LogP contribution in [0, 0.1) is 12.3 Å². The summed E-state index contributed by atoms with van der Waals surface area (Å²) in [6.07, 6.45) is 9.84. The van der Waals surface area contributed by atoms with Gasteiger partial charge in [-0.25, -0.2) is 42.5 Å². The average Bonchev–Trinajstić information content (AvgIpc) is 1.75. The number of fused-ring (bicyclic) bond motifs is 8. The molecule has 19 rings (SSSR count). The van der Waals surface area contributed by atoms with Gasteiger partial charge in [0.1, 0.15) is 11.4 Å². The number of aromatic nitrogens is 1. The van der Waals surface area contributed by atoms with Crippen LogP contribution in [-0.2, 0) is 106 Å². The molecule has 0 atom stereocenters.